The summed E-state index contributed by atoms with van der Waals surface area (Å²) in [6, 6.07) is 0. The molecule has 0 fully saturated rings. The fourth-order valence-electron chi connectivity index (χ4n) is 4.10. The van der Waals surface area contributed by atoms with E-state index in [1.165, 1.54) is 89.9 Å². The lowest BCUT2D eigenvalue weighted by Gasteiger charge is -2.07. The SMILES string of the molecule is CCCCCCCCCCCCCCCCCCOC(=O)CCCCCC(=O)OCCC(C)C. The predicted molar refractivity (Wildman–Crippen MR) is 144 cm³/mol. The van der Waals surface area contributed by atoms with Gasteiger partial charge in [-0.2, -0.15) is 0 Å². The van der Waals surface area contributed by atoms with E-state index >= 15 is 0 Å². The van der Waals surface area contributed by atoms with E-state index in [1.54, 1.807) is 0 Å². The Morgan fingerprint density at radius 2 is 0.853 bits per heavy atom. The molecule has 0 aliphatic heterocycles. The fourth-order valence-corrected chi connectivity index (χ4v) is 4.10. The lowest BCUT2D eigenvalue weighted by Crippen LogP contribution is -2.08. The molecule has 4 nitrogen and oxygen atoms in total. The van der Waals surface area contributed by atoms with Gasteiger partial charge in [0.25, 0.3) is 0 Å². The van der Waals surface area contributed by atoms with Crippen LogP contribution in [0.15, 0.2) is 0 Å². The molecule has 0 aromatic rings. The standard InChI is InChI=1S/C30H58O4/c1-4-5-6-7-8-9-10-11-12-13-14-15-16-17-18-22-26-33-29(31)23-20-19-21-24-30(32)34-27-25-28(2)3/h28H,4-27H2,1-3H3. The number of hydrogen-bond donors (Lipinski definition) is 0. The Hall–Kier alpha value is -1.06. The molecule has 4 heteroatoms. The second kappa shape index (κ2) is 26.5. The van der Waals surface area contributed by atoms with Crippen molar-refractivity contribution in [2.75, 3.05) is 13.2 Å². The zero-order valence-corrected chi connectivity index (χ0v) is 23.2. The van der Waals surface area contributed by atoms with Crippen LogP contribution in [0.25, 0.3) is 0 Å². The lowest BCUT2D eigenvalue weighted by molar-refractivity contribution is -0.144. The van der Waals surface area contributed by atoms with E-state index < -0.39 is 0 Å². The zero-order chi connectivity index (χ0) is 25.1. The summed E-state index contributed by atoms with van der Waals surface area (Å²) < 4.78 is 10.5. The number of carbonyl (C=O) groups is 2. The first-order chi connectivity index (χ1) is 16.6. The van der Waals surface area contributed by atoms with Crippen molar-refractivity contribution in [3.05, 3.63) is 0 Å². The highest BCUT2D eigenvalue weighted by Crippen LogP contribution is 2.14. The van der Waals surface area contributed by atoms with Crippen LogP contribution in [0.3, 0.4) is 0 Å². The van der Waals surface area contributed by atoms with Crippen LogP contribution in [-0.2, 0) is 19.1 Å². The van der Waals surface area contributed by atoms with Crippen LogP contribution in [0, 0.1) is 5.92 Å². The lowest BCUT2D eigenvalue weighted by atomic mass is 10.0. The van der Waals surface area contributed by atoms with Gasteiger partial charge in [-0.15, -0.1) is 0 Å². The van der Waals surface area contributed by atoms with Gasteiger partial charge in [0.15, 0.2) is 0 Å². The van der Waals surface area contributed by atoms with Gasteiger partial charge in [-0.3, -0.25) is 9.59 Å². The van der Waals surface area contributed by atoms with Crippen LogP contribution in [0.2, 0.25) is 0 Å². The maximum atomic E-state index is 11.8. The smallest absolute Gasteiger partial charge is 0.305 e. The van der Waals surface area contributed by atoms with Gasteiger partial charge < -0.3 is 9.47 Å². The first-order valence-electron chi connectivity index (χ1n) is 14.9. The highest BCUT2D eigenvalue weighted by Gasteiger charge is 2.06. The van der Waals surface area contributed by atoms with Crippen molar-refractivity contribution in [2.45, 2.75) is 162 Å². The molecule has 0 saturated heterocycles. The Labute approximate surface area is 212 Å². The van der Waals surface area contributed by atoms with Crippen molar-refractivity contribution >= 4 is 11.9 Å². The molecule has 0 aliphatic rings. The van der Waals surface area contributed by atoms with Gasteiger partial charge in [0.1, 0.15) is 0 Å². The van der Waals surface area contributed by atoms with Gasteiger partial charge >= 0.3 is 11.9 Å². The Balaban J connectivity index is 3.23. The third-order valence-electron chi connectivity index (χ3n) is 6.48. The topological polar surface area (TPSA) is 52.6 Å². The summed E-state index contributed by atoms with van der Waals surface area (Å²) in [6.07, 6.45) is 25.8. The summed E-state index contributed by atoms with van der Waals surface area (Å²) in [5.74, 6) is 0.338. The van der Waals surface area contributed by atoms with Gasteiger partial charge in [-0.25, -0.2) is 0 Å². The van der Waals surface area contributed by atoms with Gasteiger partial charge in [0.05, 0.1) is 13.2 Å². The van der Waals surface area contributed by atoms with E-state index in [4.69, 9.17) is 9.47 Å². The van der Waals surface area contributed by atoms with Crippen molar-refractivity contribution in [3.63, 3.8) is 0 Å². The first-order valence-corrected chi connectivity index (χ1v) is 14.9. The molecule has 0 bridgehead atoms. The maximum absolute atomic E-state index is 11.8. The van der Waals surface area contributed by atoms with Crippen molar-refractivity contribution in [2.24, 2.45) is 5.92 Å². The summed E-state index contributed by atoms with van der Waals surface area (Å²) in [6.45, 7) is 7.59. The Bertz CT molecular complexity index is 447. The molecule has 34 heavy (non-hydrogen) atoms. The molecule has 0 saturated carbocycles. The van der Waals surface area contributed by atoms with E-state index in [2.05, 4.69) is 20.8 Å². The normalized spacial score (nSPS) is 11.2. The average molecular weight is 483 g/mol. The third kappa shape index (κ3) is 27.2. The first kappa shape index (κ1) is 32.9. The van der Waals surface area contributed by atoms with Crippen molar-refractivity contribution in [1.29, 1.82) is 0 Å². The minimum Gasteiger partial charge on any atom is -0.466 e. The Morgan fingerprint density at radius 1 is 0.500 bits per heavy atom. The molecule has 0 aromatic heterocycles. The van der Waals surface area contributed by atoms with Crippen LogP contribution in [0.5, 0.6) is 0 Å². The van der Waals surface area contributed by atoms with Crippen LogP contribution in [0.1, 0.15) is 162 Å². The summed E-state index contributed by atoms with van der Waals surface area (Å²) in [7, 11) is 0. The second-order valence-electron chi connectivity index (χ2n) is 10.5. The largest absolute Gasteiger partial charge is 0.466 e. The Kier molecular flexibility index (Phi) is 25.7. The molecule has 0 radical (unpaired) electrons. The number of ether oxygens (including phenoxy) is 2. The van der Waals surface area contributed by atoms with Crippen molar-refractivity contribution in [1.82, 2.24) is 0 Å². The number of unbranched alkanes of at least 4 members (excludes halogenated alkanes) is 17. The van der Waals surface area contributed by atoms with Crippen molar-refractivity contribution in [3.8, 4) is 0 Å². The molecule has 0 aliphatic carbocycles. The van der Waals surface area contributed by atoms with Gasteiger partial charge in [0, 0.05) is 12.8 Å². The molecule has 0 heterocycles. The summed E-state index contributed by atoms with van der Waals surface area (Å²) >= 11 is 0. The molecule has 0 unspecified atom stereocenters. The summed E-state index contributed by atoms with van der Waals surface area (Å²) in [5, 5.41) is 0. The van der Waals surface area contributed by atoms with E-state index in [9.17, 15) is 9.59 Å². The van der Waals surface area contributed by atoms with E-state index in [0.717, 1.165) is 38.5 Å². The monoisotopic (exact) mass is 482 g/mol. The minimum absolute atomic E-state index is 0.0968. The van der Waals surface area contributed by atoms with Crippen LogP contribution in [-0.4, -0.2) is 25.2 Å². The molecule has 0 N–H and O–H groups in total. The van der Waals surface area contributed by atoms with Crippen LogP contribution >= 0.6 is 0 Å². The molecule has 0 rings (SSSR count). The summed E-state index contributed by atoms with van der Waals surface area (Å²) in [4.78, 5) is 23.4. The highest BCUT2D eigenvalue weighted by atomic mass is 16.5. The average Bonchev–Trinajstić information content (AvgIpc) is 2.80. The quantitative estimate of drug-likeness (QED) is 0.0910. The van der Waals surface area contributed by atoms with Crippen molar-refractivity contribution < 1.29 is 19.1 Å². The number of carbonyl (C=O) groups excluding carboxylic acids is 2. The molecule has 0 aromatic carbocycles. The number of esters is 2. The van der Waals surface area contributed by atoms with Gasteiger partial charge in [0.2, 0.25) is 0 Å². The third-order valence-corrected chi connectivity index (χ3v) is 6.48. The molecule has 202 valence electrons. The fraction of sp³-hybridized carbons (Fsp3) is 0.933. The maximum Gasteiger partial charge on any atom is 0.305 e. The molecule has 0 spiro atoms. The Morgan fingerprint density at radius 3 is 1.26 bits per heavy atom. The van der Waals surface area contributed by atoms with E-state index in [1.807, 2.05) is 0 Å². The molecular weight excluding hydrogens is 424 g/mol. The molecular formula is C30H58O4. The number of rotatable bonds is 26. The van der Waals surface area contributed by atoms with E-state index in [0.29, 0.717) is 32.0 Å². The summed E-state index contributed by atoms with van der Waals surface area (Å²) in [5.41, 5.74) is 0. The van der Waals surface area contributed by atoms with Crippen LogP contribution < -0.4 is 0 Å². The second-order valence-corrected chi connectivity index (χ2v) is 10.5. The molecule has 0 amide bonds. The van der Waals surface area contributed by atoms with Crippen LogP contribution in [0.4, 0.5) is 0 Å². The van der Waals surface area contributed by atoms with E-state index in [-0.39, 0.29) is 11.9 Å². The zero-order valence-electron chi connectivity index (χ0n) is 23.2. The van der Waals surface area contributed by atoms with Gasteiger partial charge in [-0.05, 0) is 31.6 Å². The minimum atomic E-state index is -0.119. The molecule has 0 atom stereocenters. The predicted octanol–water partition coefficient (Wildman–Crippen LogP) is 9.33. The highest BCUT2D eigenvalue weighted by molar-refractivity contribution is 5.69. The van der Waals surface area contributed by atoms with Gasteiger partial charge in [-0.1, -0.05) is 124 Å². The number of hydrogen-bond acceptors (Lipinski definition) is 4.